The van der Waals surface area contributed by atoms with Gasteiger partial charge in [-0.05, 0) is 49.8 Å². The van der Waals surface area contributed by atoms with E-state index in [0.29, 0.717) is 42.4 Å². The predicted molar refractivity (Wildman–Crippen MR) is 131 cm³/mol. The van der Waals surface area contributed by atoms with Crippen molar-refractivity contribution in [3.05, 3.63) is 52.6 Å². The van der Waals surface area contributed by atoms with Crippen molar-refractivity contribution in [1.29, 1.82) is 0 Å². The molecule has 0 bridgehead atoms. The van der Waals surface area contributed by atoms with E-state index in [2.05, 4.69) is 20.6 Å². The van der Waals surface area contributed by atoms with Gasteiger partial charge in [0.2, 0.25) is 0 Å². The molecule has 184 valence electrons. The lowest BCUT2D eigenvalue weighted by Gasteiger charge is -2.33. The third-order valence-corrected chi connectivity index (χ3v) is 6.92. The number of amides is 1. The zero-order chi connectivity index (χ0) is 24.4. The van der Waals surface area contributed by atoms with Crippen molar-refractivity contribution in [1.82, 2.24) is 19.9 Å². The molecule has 0 saturated heterocycles. The second-order valence-corrected chi connectivity index (χ2v) is 9.20. The summed E-state index contributed by atoms with van der Waals surface area (Å²) in [6, 6.07) is 9.11. The van der Waals surface area contributed by atoms with Gasteiger partial charge in [0.05, 0.1) is 30.0 Å². The zero-order valence-electron chi connectivity index (χ0n) is 19.7. The summed E-state index contributed by atoms with van der Waals surface area (Å²) < 4.78 is 12.4. The maximum absolute atomic E-state index is 12.6. The lowest BCUT2D eigenvalue weighted by molar-refractivity contribution is -0.118. The summed E-state index contributed by atoms with van der Waals surface area (Å²) in [6.07, 6.45) is 5.63. The summed E-state index contributed by atoms with van der Waals surface area (Å²) >= 11 is 0. The zero-order valence-corrected chi connectivity index (χ0v) is 19.7. The fourth-order valence-corrected chi connectivity index (χ4v) is 4.91. The number of nitrogens with two attached hydrogens (primary N) is 1. The molecule has 1 atom stereocenters. The Morgan fingerprint density at radius 1 is 1.23 bits per heavy atom. The van der Waals surface area contributed by atoms with Gasteiger partial charge in [-0.25, -0.2) is 4.98 Å². The van der Waals surface area contributed by atoms with Crippen molar-refractivity contribution in [3.8, 4) is 11.5 Å². The van der Waals surface area contributed by atoms with Crippen molar-refractivity contribution < 1.29 is 14.3 Å². The molecule has 10 heteroatoms. The molecule has 4 heterocycles. The monoisotopic (exact) mass is 478 g/mol. The first-order valence-corrected chi connectivity index (χ1v) is 12.0. The van der Waals surface area contributed by atoms with Crippen LogP contribution in [0.1, 0.15) is 31.4 Å². The van der Waals surface area contributed by atoms with Gasteiger partial charge < -0.3 is 30.4 Å². The van der Waals surface area contributed by atoms with Crippen molar-refractivity contribution in [2.24, 2.45) is 11.7 Å². The van der Waals surface area contributed by atoms with Crippen molar-refractivity contribution in [2.45, 2.75) is 50.9 Å². The number of anilines is 1. The van der Waals surface area contributed by atoms with Crippen LogP contribution in [0, 0.1) is 5.92 Å². The van der Waals surface area contributed by atoms with Gasteiger partial charge in [0, 0.05) is 37.3 Å². The number of pyridine rings is 3. The Morgan fingerprint density at radius 2 is 2.06 bits per heavy atom. The maximum Gasteiger partial charge on any atom is 0.263 e. The summed E-state index contributed by atoms with van der Waals surface area (Å²) in [5, 5.41) is 6.32. The third-order valence-electron chi connectivity index (χ3n) is 6.92. The Bertz CT molecular complexity index is 1280. The fraction of sp³-hybridized carbons (Fsp3) is 0.440. The first-order valence-electron chi connectivity index (χ1n) is 12.0. The number of hydrogen-bond acceptors (Lipinski definition) is 8. The van der Waals surface area contributed by atoms with E-state index in [1.807, 2.05) is 18.2 Å². The number of ether oxygens (including phenoxy) is 2. The highest BCUT2D eigenvalue weighted by molar-refractivity contribution is 5.94. The lowest BCUT2D eigenvalue weighted by Crippen LogP contribution is -2.42. The molecule has 0 unspecified atom stereocenters. The average molecular weight is 479 g/mol. The summed E-state index contributed by atoms with van der Waals surface area (Å²) in [7, 11) is 1.58. The van der Waals surface area contributed by atoms with Crippen LogP contribution in [0.5, 0.6) is 11.5 Å². The largest absolute Gasteiger partial charge is 0.495 e. The molecule has 1 amide bonds. The molecule has 1 saturated carbocycles. The number of fused-ring (bicyclic) bond motifs is 2. The van der Waals surface area contributed by atoms with E-state index >= 15 is 0 Å². The summed E-state index contributed by atoms with van der Waals surface area (Å²) in [4.78, 5) is 33.0. The highest BCUT2D eigenvalue weighted by Crippen LogP contribution is 2.28. The number of nitrogens with zero attached hydrogens (tertiary/aromatic N) is 3. The molecule has 0 radical (unpaired) electrons. The molecule has 1 aliphatic carbocycles. The fourth-order valence-electron chi connectivity index (χ4n) is 4.91. The van der Waals surface area contributed by atoms with Crippen LogP contribution < -0.4 is 31.4 Å². The second-order valence-electron chi connectivity index (χ2n) is 9.20. The highest BCUT2D eigenvalue weighted by atomic mass is 16.5. The minimum Gasteiger partial charge on any atom is -0.495 e. The number of methoxy groups -OCH3 is 1. The maximum atomic E-state index is 12.6. The van der Waals surface area contributed by atoms with E-state index in [-0.39, 0.29) is 24.1 Å². The van der Waals surface area contributed by atoms with Crippen molar-refractivity contribution >= 4 is 22.8 Å². The molecule has 0 spiro atoms. The molecule has 1 fully saturated rings. The molecule has 3 aromatic heterocycles. The SMILES string of the molecule is COc1cnc2ccc(=O)n(C[C@@H](N)C3CCC(NCc4ccc5c(n4)NC(=O)CO5)CC3)c2c1. The third kappa shape index (κ3) is 5.13. The predicted octanol–water partition coefficient (Wildman–Crippen LogP) is 1.81. The van der Waals surface area contributed by atoms with Crippen LogP contribution in [0.3, 0.4) is 0 Å². The number of rotatable bonds is 7. The number of aromatic nitrogens is 3. The topological polar surface area (TPSA) is 133 Å². The van der Waals surface area contributed by atoms with Crippen LogP contribution in [0.25, 0.3) is 11.0 Å². The van der Waals surface area contributed by atoms with E-state index in [4.69, 9.17) is 15.2 Å². The summed E-state index contributed by atoms with van der Waals surface area (Å²) in [5.41, 5.74) is 8.86. The van der Waals surface area contributed by atoms with Crippen LogP contribution in [0.2, 0.25) is 0 Å². The van der Waals surface area contributed by atoms with E-state index in [1.54, 1.807) is 30.0 Å². The average Bonchev–Trinajstić information content (AvgIpc) is 2.88. The molecule has 35 heavy (non-hydrogen) atoms. The van der Waals surface area contributed by atoms with E-state index < -0.39 is 0 Å². The van der Waals surface area contributed by atoms with E-state index in [9.17, 15) is 9.59 Å². The first kappa shape index (κ1) is 23.3. The van der Waals surface area contributed by atoms with Gasteiger partial charge in [-0.15, -0.1) is 0 Å². The normalized spacial score (nSPS) is 20.6. The Balaban J connectivity index is 1.17. The summed E-state index contributed by atoms with van der Waals surface area (Å²) in [6.45, 7) is 1.09. The number of nitrogens with one attached hydrogen (secondary N) is 2. The van der Waals surface area contributed by atoms with Gasteiger partial charge in [-0.2, -0.15) is 0 Å². The minimum atomic E-state index is -0.189. The lowest BCUT2D eigenvalue weighted by atomic mass is 9.81. The van der Waals surface area contributed by atoms with Crippen LogP contribution in [0.15, 0.2) is 41.3 Å². The van der Waals surface area contributed by atoms with Crippen LogP contribution in [-0.4, -0.2) is 46.2 Å². The first-order chi connectivity index (χ1) is 17.0. The highest BCUT2D eigenvalue weighted by Gasteiger charge is 2.26. The summed E-state index contributed by atoms with van der Waals surface area (Å²) in [5.74, 6) is 1.84. The van der Waals surface area contributed by atoms with Gasteiger partial charge in [-0.1, -0.05) is 0 Å². The number of hydrogen-bond donors (Lipinski definition) is 3. The van der Waals surface area contributed by atoms with Gasteiger partial charge >= 0.3 is 0 Å². The number of carbonyl (C=O) groups excluding carboxylic acids is 1. The Labute approximate surface area is 202 Å². The number of carbonyl (C=O) groups is 1. The Hall–Kier alpha value is -3.50. The molecule has 10 nitrogen and oxygen atoms in total. The van der Waals surface area contributed by atoms with Gasteiger partial charge in [0.15, 0.2) is 18.2 Å². The molecule has 4 N–H and O–H groups in total. The van der Waals surface area contributed by atoms with Crippen LogP contribution in [-0.2, 0) is 17.9 Å². The Morgan fingerprint density at radius 3 is 2.86 bits per heavy atom. The van der Waals surface area contributed by atoms with Gasteiger partial charge in [0.1, 0.15) is 5.75 Å². The van der Waals surface area contributed by atoms with Crippen LogP contribution >= 0.6 is 0 Å². The molecule has 0 aromatic carbocycles. The van der Waals surface area contributed by atoms with E-state index in [1.165, 1.54) is 0 Å². The molecular weight excluding hydrogens is 448 g/mol. The molecule has 5 rings (SSSR count). The molecule has 3 aromatic rings. The molecular formula is C25H30N6O4. The molecule has 1 aliphatic heterocycles. The quantitative estimate of drug-likeness (QED) is 0.468. The van der Waals surface area contributed by atoms with Gasteiger partial charge in [0.25, 0.3) is 11.5 Å². The van der Waals surface area contributed by atoms with E-state index in [0.717, 1.165) is 42.4 Å². The molecule has 2 aliphatic rings. The minimum absolute atomic E-state index is 0.0257. The van der Waals surface area contributed by atoms with Crippen molar-refractivity contribution in [3.63, 3.8) is 0 Å². The smallest absolute Gasteiger partial charge is 0.263 e. The van der Waals surface area contributed by atoms with Crippen LogP contribution in [0.4, 0.5) is 5.82 Å². The van der Waals surface area contributed by atoms with Gasteiger partial charge in [-0.3, -0.25) is 14.6 Å². The second kappa shape index (κ2) is 10.0. The van der Waals surface area contributed by atoms with Crippen molar-refractivity contribution in [2.75, 3.05) is 19.0 Å². The standard InChI is InChI=1S/C25H30N6O4/c1-34-18-10-21-20(28-12-18)7-9-24(33)31(21)13-19(26)15-2-4-16(5-3-15)27-11-17-6-8-22-25(29-17)30-23(32)14-35-22/h6-10,12,15-16,19,27H,2-5,11,13-14,26H2,1H3,(H,29,30,32)/t15?,16?,19-/m1/s1. The Kier molecular flexibility index (Phi) is 6.65.